The summed E-state index contributed by atoms with van der Waals surface area (Å²) in [7, 11) is 0. The second-order valence-electron chi connectivity index (χ2n) is 7.99. The van der Waals surface area contributed by atoms with Crippen LogP contribution in [-0.2, 0) is 4.79 Å². The molecule has 0 aliphatic heterocycles. The first-order valence-electron chi connectivity index (χ1n) is 10.3. The lowest BCUT2D eigenvalue weighted by Gasteiger charge is -2.19. The third kappa shape index (κ3) is 5.28. The molecule has 1 fully saturated rings. The normalized spacial score (nSPS) is 15.5. The van der Waals surface area contributed by atoms with E-state index in [4.69, 9.17) is 9.47 Å². The van der Waals surface area contributed by atoms with Gasteiger partial charge >= 0.3 is 0 Å². The summed E-state index contributed by atoms with van der Waals surface area (Å²) in [5, 5.41) is 2.93. The molecule has 0 bridgehead atoms. The summed E-state index contributed by atoms with van der Waals surface area (Å²) in [4.78, 5) is 12.6. The largest absolute Gasteiger partial charge is 0.490 e. The van der Waals surface area contributed by atoms with Gasteiger partial charge in [-0.05, 0) is 86.9 Å². The minimum Gasteiger partial charge on any atom is -0.490 e. The van der Waals surface area contributed by atoms with Crippen molar-refractivity contribution in [3.63, 3.8) is 0 Å². The van der Waals surface area contributed by atoms with Crippen LogP contribution in [0.1, 0.15) is 63.5 Å². The van der Waals surface area contributed by atoms with Crippen LogP contribution in [0.15, 0.2) is 42.5 Å². The number of ether oxygens (including phenoxy) is 2. The first-order chi connectivity index (χ1) is 13.4. The van der Waals surface area contributed by atoms with Gasteiger partial charge in [-0.15, -0.1) is 0 Å². The number of benzene rings is 2. The second-order valence-corrected chi connectivity index (χ2v) is 7.99. The summed E-state index contributed by atoms with van der Waals surface area (Å²) < 4.78 is 12.0. The maximum Gasteiger partial charge on any atom is 0.265 e. The van der Waals surface area contributed by atoms with Gasteiger partial charge in [0.2, 0.25) is 0 Å². The minimum absolute atomic E-state index is 0.166. The fraction of sp³-hybridized carbons (Fsp3) is 0.458. The van der Waals surface area contributed by atoms with E-state index in [2.05, 4.69) is 31.3 Å². The zero-order chi connectivity index (χ0) is 20.1. The van der Waals surface area contributed by atoms with Crippen molar-refractivity contribution in [3.05, 3.63) is 53.6 Å². The first-order valence-corrected chi connectivity index (χ1v) is 10.3. The fourth-order valence-electron chi connectivity index (χ4n) is 3.52. The van der Waals surface area contributed by atoms with Crippen molar-refractivity contribution in [2.24, 2.45) is 0 Å². The van der Waals surface area contributed by atoms with Crippen molar-refractivity contribution in [1.82, 2.24) is 0 Å². The van der Waals surface area contributed by atoms with Crippen LogP contribution in [0.4, 0.5) is 5.69 Å². The summed E-state index contributed by atoms with van der Waals surface area (Å²) in [6.45, 7) is 8.05. The van der Waals surface area contributed by atoms with Crippen molar-refractivity contribution in [2.75, 3.05) is 5.32 Å². The van der Waals surface area contributed by atoms with Gasteiger partial charge in [0.25, 0.3) is 5.91 Å². The van der Waals surface area contributed by atoms with Crippen LogP contribution in [-0.4, -0.2) is 18.1 Å². The van der Waals surface area contributed by atoms with E-state index in [9.17, 15) is 4.79 Å². The molecule has 0 unspecified atom stereocenters. The van der Waals surface area contributed by atoms with Crippen molar-refractivity contribution in [3.8, 4) is 11.5 Å². The molecule has 1 aliphatic carbocycles. The summed E-state index contributed by atoms with van der Waals surface area (Å²) in [6, 6.07) is 13.7. The predicted molar refractivity (Wildman–Crippen MR) is 113 cm³/mol. The fourth-order valence-corrected chi connectivity index (χ4v) is 3.52. The van der Waals surface area contributed by atoms with Crippen LogP contribution in [0.2, 0.25) is 0 Å². The molecule has 1 atom stereocenters. The molecule has 1 aliphatic rings. The van der Waals surface area contributed by atoms with Crippen LogP contribution in [0, 0.1) is 6.92 Å². The Balaban J connectivity index is 1.59. The van der Waals surface area contributed by atoms with Crippen molar-refractivity contribution in [2.45, 2.75) is 71.5 Å². The SMILES string of the molecule is Cc1ccc(C(C)C)c(O[C@H](C)C(=O)Nc2ccc(OC3CCCC3)cc2)c1. The number of rotatable bonds is 7. The zero-order valence-corrected chi connectivity index (χ0v) is 17.3. The van der Waals surface area contributed by atoms with Crippen LogP contribution >= 0.6 is 0 Å². The number of anilines is 1. The minimum atomic E-state index is -0.589. The third-order valence-electron chi connectivity index (χ3n) is 5.19. The van der Waals surface area contributed by atoms with Crippen LogP contribution < -0.4 is 14.8 Å². The van der Waals surface area contributed by atoms with Gasteiger partial charge in [0.1, 0.15) is 11.5 Å². The summed E-state index contributed by atoms with van der Waals surface area (Å²) in [6.07, 6.45) is 4.49. The summed E-state index contributed by atoms with van der Waals surface area (Å²) >= 11 is 0. The molecule has 0 spiro atoms. The van der Waals surface area contributed by atoms with E-state index >= 15 is 0 Å². The first kappa shape index (κ1) is 20.2. The molecule has 0 saturated heterocycles. The predicted octanol–water partition coefficient (Wildman–Crippen LogP) is 5.85. The Morgan fingerprint density at radius 2 is 1.71 bits per heavy atom. The number of hydrogen-bond donors (Lipinski definition) is 1. The Bertz CT molecular complexity index is 792. The molecule has 4 nitrogen and oxygen atoms in total. The lowest BCUT2D eigenvalue weighted by Crippen LogP contribution is -2.30. The van der Waals surface area contributed by atoms with Gasteiger partial charge in [-0.2, -0.15) is 0 Å². The van der Waals surface area contributed by atoms with Gasteiger partial charge < -0.3 is 14.8 Å². The van der Waals surface area contributed by atoms with Crippen LogP contribution in [0.5, 0.6) is 11.5 Å². The van der Waals surface area contributed by atoms with Crippen LogP contribution in [0.25, 0.3) is 0 Å². The van der Waals surface area contributed by atoms with E-state index in [-0.39, 0.29) is 5.91 Å². The smallest absolute Gasteiger partial charge is 0.265 e. The Labute approximate surface area is 168 Å². The molecule has 1 amide bonds. The molecule has 0 aromatic heterocycles. The second kappa shape index (κ2) is 9.13. The summed E-state index contributed by atoms with van der Waals surface area (Å²) in [5.74, 6) is 1.80. The van der Waals surface area contributed by atoms with Crippen molar-refractivity contribution < 1.29 is 14.3 Å². The van der Waals surface area contributed by atoms with E-state index in [1.54, 1.807) is 6.92 Å². The highest BCUT2D eigenvalue weighted by molar-refractivity contribution is 5.94. The standard InChI is InChI=1S/C24H31NO3/c1-16(2)22-14-9-17(3)15-23(22)27-18(4)24(26)25-19-10-12-21(13-11-19)28-20-7-5-6-8-20/h9-16,18,20H,5-8H2,1-4H3,(H,25,26)/t18-/m1/s1. The van der Waals surface area contributed by atoms with Gasteiger partial charge in [0, 0.05) is 5.69 Å². The average molecular weight is 382 g/mol. The Hall–Kier alpha value is -2.49. The number of amides is 1. The highest BCUT2D eigenvalue weighted by Crippen LogP contribution is 2.29. The number of carbonyl (C=O) groups excluding carboxylic acids is 1. The molecule has 1 saturated carbocycles. The van der Waals surface area contributed by atoms with Gasteiger partial charge in [-0.1, -0.05) is 26.0 Å². The van der Waals surface area contributed by atoms with E-state index in [0.717, 1.165) is 41.2 Å². The Morgan fingerprint density at radius 1 is 1.04 bits per heavy atom. The molecule has 28 heavy (non-hydrogen) atoms. The van der Waals surface area contributed by atoms with E-state index in [1.807, 2.05) is 37.3 Å². The van der Waals surface area contributed by atoms with Gasteiger partial charge in [-0.3, -0.25) is 4.79 Å². The van der Waals surface area contributed by atoms with Gasteiger partial charge in [0.15, 0.2) is 6.10 Å². The summed E-state index contributed by atoms with van der Waals surface area (Å²) in [5.41, 5.74) is 2.97. The zero-order valence-electron chi connectivity index (χ0n) is 17.3. The van der Waals surface area contributed by atoms with Crippen molar-refractivity contribution in [1.29, 1.82) is 0 Å². The van der Waals surface area contributed by atoms with E-state index in [1.165, 1.54) is 12.8 Å². The Kier molecular flexibility index (Phi) is 6.61. The number of hydrogen-bond acceptors (Lipinski definition) is 3. The number of nitrogens with one attached hydrogen (secondary N) is 1. The van der Waals surface area contributed by atoms with Crippen molar-refractivity contribution >= 4 is 11.6 Å². The highest BCUT2D eigenvalue weighted by Gasteiger charge is 2.19. The molecule has 2 aromatic rings. The highest BCUT2D eigenvalue weighted by atomic mass is 16.5. The molecule has 3 rings (SSSR count). The maximum atomic E-state index is 12.6. The molecular formula is C24H31NO3. The van der Waals surface area contributed by atoms with Gasteiger partial charge in [-0.25, -0.2) is 0 Å². The molecule has 4 heteroatoms. The maximum absolute atomic E-state index is 12.6. The average Bonchev–Trinajstić information content (AvgIpc) is 3.16. The molecular weight excluding hydrogens is 350 g/mol. The molecule has 1 N–H and O–H groups in total. The lowest BCUT2D eigenvalue weighted by molar-refractivity contribution is -0.122. The molecule has 150 valence electrons. The molecule has 0 heterocycles. The Morgan fingerprint density at radius 3 is 2.36 bits per heavy atom. The topological polar surface area (TPSA) is 47.6 Å². The lowest BCUT2D eigenvalue weighted by atomic mass is 10.0. The van der Waals surface area contributed by atoms with E-state index in [0.29, 0.717) is 12.0 Å². The van der Waals surface area contributed by atoms with E-state index < -0.39 is 6.10 Å². The molecule has 0 radical (unpaired) electrons. The molecule has 2 aromatic carbocycles. The van der Waals surface area contributed by atoms with Gasteiger partial charge in [0.05, 0.1) is 6.10 Å². The number of aryl methyl sites for hydroxylation is 1. The monoisotopic (exact) mass is 381 g/mol. The number of carbonyl (C=O) groups is 1. The van der Waals surface area contributed by atoms with Crippen LogP contribution in [0.3, 0.4) is 0 Å². The quantitative estimate of drug-likeness (QED) is 0.655. The third-order valence-corrected chi connectivity index (χ3v) is 5.19.